The summed E-state index contributed by atoms with van der Waals surface area (Å²) in [4.78, 5) is 0. The lowest BCUT2D eigenvalue weighted by molar-refractivity contribution is 0.540. The number of benzene rings is 1. The van der Waals surface area contributed by atoms with Gasteiger partial charge in [0.15, 0.2) is 0 Å². The summed E-state index contributed by atoms with van der Waals surface area (Å²) < 4.78 is 11.2. The van der Waals surface area contributed by atoms with Crippen LogP contribution in [0.2, 0.25) is 0 Å². The van der Waals surface area contributed by atoms with E-state index in [9.17, 15) is 4.21 Å². The van der Waals surface area contributed by atoms with Crippen molar-refractivity contribution >= 4 is 11.0 Å². The molecule has 0 saturated carbocycles. The molecule has 0 aliphatic heterocycles. The Bertz CT molecular complexity index is 423. The monoisotopic (exact) mass is 281 g/mol. The fourth-order valence-electron chi connectivity index (χ4n) is 2.39. The van der Waals surface area contributed by atoms with Crippen molar-refractivity contribution in [1.29, 1.82) is 0 Å². The predicted octanol–water partition coefficient (Wildman–Crippen LogP) is 3.78. The molecular weight excluding hydrogens is 254 g/mol. The van der Waals surface area contributed by atoms with Gasteiger partial charge >= 0.3 is 0 Å². The van der Waals surface area contributed by atoms with Crippen molar-refractivity contribution in [1.82, 2.24) is 0 Å². The Morgan fingerprint density at radius 3 is 2.11 bits per heavy atom. The first kappa shape index (κ1) is 16.4. The average Bonchev–Trinajstić information content (AvgIpc) is 2.28. The molecule has 2 atom stereocenters. The SMILES string of the molecule is CC(C)Cc1ccc([C@@H](C)CC(C)(C)S(N)=O)cc1. The van der Waals surface area contributed by atoms with E-state index in [4.69, 9.17) is 5.14 Å². The maximum absolute atomic E-state index is 11.5. The van der Waals surface area contributed by atoms with E-state index < -0.39 is 11.0 Å². The Hall–Kier alpha value is -0.670. The van der Waals surface area contributed by atoms with E-state index in [0.29, 0.717) is 11.8 Å². The first-order valence-electron chi connectivity index (χ1n) is 6.97. The summed E-state index contributed by atoms with van der Waals surface area (Å²) in [6.07, 6.45) is 1.95. The molecule has 2 N–H and O–H groups in total. The van der Waals surface area contributed by atoms with Crippen molar-refractivity contribution in [3.8, 4) is 0 Å². The van der Waals surface area contributed by atoms with Crippen molar-refractivity contribution in [2.75, 3.05) is 0 Å². The van der Waals surface area contributed by atoms with Gasteiger partial charge in [0.25, 0.3) is 0 Å². The molecule has 0 saturated heterocycles. The Kier molecular flexibility index (Phi) is 5.75. The zero-order chi connectivity index (χ0) is 14.6. The Morgan fingerprint density at radius 1 is 1.16 bits per heavy atom. The number of hydrogen-bond acceptors (Lipinski definition) is 1. The molecule has 0 aliphatic rings. The first-order chi connectivity index (χ1) is 8.72. The Balaban J connectivity index is 2.73. The molecule has 0 radical (unpaired) electrons. The molecule has 0 bridgehead atoms. The molecule has 1 unspecified atom stereocenters. The van der Waals surface area contributed by atoms with Crippen LogP contribution in [0.25, 0.3) is 0 Å². The van der Waals surface area contributed by atoms with Gasteiger partial charge in [-0.25, -0.2) is 4.21 Å². The van der Waals surface area contributed by atoms with Crippen LogP contribution < -0.4 is 5.14 Å². The van der Waals surface area contributed by atoms with E-state index in [1.165, 1.54) is 11.1 Å². The lowest BCUT2D eigenvalue weighted by Gasteiger charge is -2.25. The molecule has 1 rings (SSSR count). The van der Waals surface area contributed by atoms with Crippen LogP contribution in [0.5, 0.6) is 0 Å². The highest BCUT2D eigenvalue weighted by molar-refractivity contribution is 7.84. The van der Waals surface area contributed by atoms with Crippen LogP contribution in [0.3, 0.4) is 0 Å². The van der Waals surface area contributed by atoms with Gasteiger partial charge in [0, 0.05) is 0 Å². The lowest BCUT2D eigenvalue weighted by Crippen LogP contribution is -2.33. The van der Waals surface area contributed by atoms with Gasteiger partial charge in [0.2, 0.25) is 0 Å². The molecule has 19 heavy (non-hydrogen) atoms. The lowest BCUT2D eigenvalue weighted by atomic mass is 9.90. The van der Waals surface area contributed by atoms with E-state index in [1.54, 1.807) is 0 Å². The number of hydrogen-bond donors (Lipinski definition) is 1. The van der Waals surface area contributed by atoms with Crippen molar-refractivity contribution in [3.63, 3.8) is 0 Å². The fraction of sp³-hybridized carbons (Fsp3) is 0.625. The second-order valence-electron chi connectivity index (χ2n) is 6.50. The minimum atomic E-state index is -1.28. The third-order valence-electron chi connectivity index (χ3n) is 3.54. The normalized spacial score (nSPS) is 15.5. The molecule has 0 aromatic heterocycles. The molecule has 1 aromatic carbocycles. The molecule has 2 nitrogen and oxygen atoms in total. The third-order valence-corrected chi connectivity index (χ3v) is 4.79. The summed E-state index contributed by atoms with van der Waals surface area (Å²) in [7, 11) is -1.28. The molecule has 0 heterocycles. The minimum absolute atomic E-state index is 0.337. The topological polar surface area (TPSA) is 43.1 Å². The maximum atomic E-state index is 11.5. The van der Waals surface area contributed by atoms with Crippen LogP contribution in [0.4, 0.5) is 0 Å². The zero-order valence-electron chi connectivity index (χ0n) is 12.8. The van der Waals surface area contributed by atoms with E-state index in [1.807, 2.05) is 13.8 Å². The average molecular weight is 281 g/mol. The Morgan fingerprint density at radius 2 is 1.68 bits per heavy atom. The summed E-state index contributed by atoms with van der Waals surface area (Å²) in [5.41, 5.74) is 2.68. The van der Waals surface area contributed by atoms with Gasteiger partial charge in [-0.3, -0.25) is 5.14 Å². The van der Waals surface area contributed by atoms with Crippen molar-refractivity contribution in [2.45, 2.75) is 58.1 Å². The van der Waals surface area contributed by atoms with E-state index in [0.717, 1.165) is 12.8 Å². The first-order valence-corrected chi connectivity index (χ1v) is 8.19. The van der Waals surface area contributed by atoms with Crippen molar-refractivity contribution in [2.24, 2.45) is 11.1 Å². The molecule has 108 valence electrons. The summed E-state index contributed by atoms with van der Waals surface area (Å²) in [5, 5.41) is 5.55. The third kappa shape index (κ3) is 5.07. The van der Waals surface area contributed by atoms with Gasteiger partial charge in [-0.05, 0) is 49.7 Å². The Labute approximate surface area is 120 Å². The standard InChI is InChI=1S/C16H27NOS/c1-12(2)10-14-6-8-15(9-7-14)13(3)11-16(4,5)19(17)18/h6-9,12-13H,10-11,17H2,1-5H3/t13-,19?/m0/s1. The van der Waals surface area contributed by atoms with E-state index in [2.05, 4.69) is 45.0 Å². The number of rotatable bonds is 6. The van der Waals surface area contributed by atoms with Gasteiger partial charge in [0.1, 0.15) is 0 Å². The van der Waals surface area contributed by atoms with Gasteiger partial charge in [-0.2, -0.15) is 0 Å². The zero-order valence-corrected chi connectivity index (χ0v) is 13.6. The predicted molar refractivity (Wildman–Crippen MR) is 84.4 cm³/mol. The number of nitrogens with two attached hydrogens (primary N) is 1. The molecule has 0 fully saturated rings. The maximum Gasteiger partial charge on any atom is 0.0945 e. The van der Waals surface area contributed by atoms with Gasteiger partial charge in [0.05, 0.1) is 15.7 Å². The summed E-state index contributed by atoms with van der Waals surface area (Å²) >= 11 is 0. The molecular formula is C16H27NOS. The minimum Gasteiger partial charge on any atom is -0.251 e. The molecule has 0 amide bonds. The molecule has 1 aromatic rings. The second-order valence-corrected chi connectivity index (χ2v) is 8.20. The van der Waals surface area contributed by atoms with E-state index >= 15 is 0 Å². The highest BCUT2D eigenvalue weighted by Gasteiger charge is 2.26. The van der Waals surface area contributed by atoms with Crippen LogP contribution in [0.15, 0.2) is 24.3 Å². The van der Waals surface area contributed by atoms with Crippen LogP contribution in [-0.2, 0) is 17.4 Å². The van der Waals surface area contributed by atoms with Gasteiger partial charge in [-0.15, -0.1) is 0 Å². The van der Waals surface area contributed by atoms with Gasteiger partial charge < -0.3 is 0 Å². The largest absolute Gasteiger partial charge is 0.251 e. The van der Waals surface area contributed by atoms with Crippen LogP contribution in [0.1, 0.15) is 58.1 Å². The van der Waals surface area contributed by atoms with Crippen molar-refractivity contribution < 1.29 is 4.21 Å². The van der Waals surface area contributed by atoms with Crippen LogP contribution >= 0.6 is 0 Å². The second kappa shape index (κ2) is 6.67. The van der Waals surface area contributed by atoms with Crippen LogP contribution in [-0.4, -0.2) is 8.96 Å². The molecule has 0 spiro atoms. The van der Waals surface area contributed by atoms with Gasteiger partial charge in [-0.1, -0.05) is 45.0 Å². The summed E-state index contributed by atoms with van der Waals surface area (Å²) in [6.45, 7) is 10.6. The van der Waals surface area contributed by atoms with Crippen molar-refractivity contribution in [3.05, 3.63) is 35.4 Å². The summed E-state index contributed by atoms with van der Waals surface area (Å²) in [6, 6.07) is 8.80. The van der Waals surface area contributed by atoms with E-state index in [-0.39, 0.29) is 4.75 Å². The molecule has 3 heteroatoms. The smallest absolute Gasteiger partial charge is 0.0945 e. The highest BCUT2D eigenvalue weighted by atomic mass is 32.2. The fourth-order valence-corrected chi connectivity index (χ4v) is 2.81. The molecule has 0 aliphatic carbocycles. The van der Waals surface area contributed by atoms with Crippen LogP contribution in [0, 0.1) is 5.92 Å². The quantitative estimate of drug-likeness (QED) is 0.847. The summed E-state index contributed by atoms with van der Waals surface area (Å²) in [5.74, 6) is 1.05. The highest BCUT2D eigenvalue weighted by Crippen LogP contribution is 2.28.